The van der Waals surface area contributed by atoms with Crippen molar-refractivity contribution in [2.24, 2.45) is 0 Å². The van der Waals surface area contributed by atoms with Crippen LogP contribution in [-0.4, -0.2) is 15.3 Å². The van der Waals surface area contributed by atoms with Gasteiger partial charge in [0.15, 0.2) is 0 Å². The molecule has 1 aromatic carbocycles. The molecule has 0 saturated carbocycles. The first kappa shape index (κ1) is 14.9. The van der Waals surface area contributed by atoms with Gasteiger partial charge >= 0.3 is 0 Å². The van der Waals surface area contributed by atoms with Crippen molar-refractivity contribution in [2.45, 2.75) is 13.5 Å². The van der Waals surface area contributed by atoms with Gasteiger partial charge in [-0.2, -0.15) is 0 Å². The average Bonchev–Trinajstić information content (AvgIpc) is 2.93. The molecular weight excluding hydrogens is 323 g/mol. The highest BCUT2D eigenvalue weighted by Crippen LogP contribution is 2.30. The summed E-state index contributed by atoms with van der Waals surface area (Å²) in [5.74, 6) is 0. The third-order valence-electron chi connectivity index (χ3n) is 3.57. The van der Waals surface area contributed by atoms with E-state index in [1.54, 1.807) is 18.3 Å². The molecular formula is C16H12Cl2N2O2. The molecule has 0 aliphatic rings. The molecule has 0 saturated heterocycles. The molecule has 0 radical (unpaired) electrons. The van der Waals surface area contributed by atoms with E-state index in [-0.39, 0.29) is 12.1 Å². The smallest absolute Gasteiger partial charge is 0.275 e. The molecule has 0 N–H and O–H groups in total. The van der Waals surface area contributed by atoms with Crippen LogP contribution in [0, 0.1) is 6.92 Å². The minimum atomic E-state index is -0.219. The summed E-state index contributed by atoms with van der Waals surface area (Å²) in [6.45, 7) is 1.91. The summed E-state index contributed by atoms with van der Waals surface area (Å²) in [6.07, 6.45) is 4.20. The Labute approximate surface area is 136 Å². The van der Waals surface area contributed by atoms with Gasteiger partial charge in [0.2, 0.25) is 0 Å². The van der Waals surface area contributed by atoms with Gasteiger partial charge in [0.1, 0.15) is 11.8 Å². The van der Waals surface area contributed by atoms with Crippen molar-refractivity contribution >= 4 is 35.0 Å². The van der Waals surface area contributed by atoms with Crippen molar-refractivity contribution in [3.8, 4) is 11.1 Å². The maximum Gasteiger partial charge on any atom is 0.275 e. The molecule has 0 aliphatic heterocycles. The number of halogens is 2. The Balaban J connectivity index is 2.33. The van der Waals surface area contributed by atoms with Crippen LogP contribution in [-0.2, 0) is 11.3 Å². The van der Waals surface area contributed by atoms with Gasteiger partial charge in [-0.15, -0.1) is 0 Å². The summed E-state index contributed by atoms with van der Waals surface area (Å²) >= 11 is 12.0. The Morgan fingerprint density at radius 2 is 1.95 bits per heavy atom. The number of carbonyl (C=O) groups is 1. The first-order valence-corrected chi connectivity index (χ1v) is 7.38. The number of hydrogen-bond acceptors (Lipinski definition) is 2. The fourth-order valence-electron chi connectivity index (χ4n) is 2.54. The van der Waals surface area contributed by atoms with Gasteiger partial charge < -0.3 is 13.8 Å². The molecule has 3 rings (SSSR count). The van der Waals surface area contributed by atoms with Crippen molar-refractivity contribution in [3.05, 3.63) is 62.8 Å². The minimum Gasteiger partial charge on any atom is -0.314 e. The minimum absolute atomic E-state index is 0.0299. The van der Waals surface area contributed by atoms with Crippen molar-refractivity contribution in [1.82, 2.24) is 8.97 Å². The third kappa shape index (κ3) is 2.34. The molecule has 0 aliphatic carbocycles. The quantitative estimate of drug-likeness (QED) is 0.687. The highest BCUT2D eigenvalue weighted by molar-refractivity contribution is 6.42. The predicted octanol–water partition coefficient (Wildman–Crippen LogP) is 3.58. The van der Waals surface area contributed by atoms with E-state index in [1.807, 2.05) is 29.7 Å². The summed E-state index contributed by atoms with van der Waals surface area (Å²) in [5, 5.41) is 0.892. The lowest BCUT2D eigenvalue weighted by molar-refractivity contribution is -0.108. The number of aldehydes is 1. The number of hydrogen-bond donors (Lipinski definition) is 0. The molecule has 0 spiro atoms. The van der Waals surface area contributed by atoms with Crippen LogP contribution in [0.1, 0.15) is 5.69 Å². The van der Waals surface area contributed by atoms with E-state index in [4.69, 9.17) is 23.2 Å². The Bertz CT molecular complexity index is 941. The Kier molecular flexibility index (Phi) is 3.81. The summed E-state index contributed by atoms with van der Waals surface area (Å²) in [4.78, 5) is 23.4. The first-order valence-electron chi connectivity index (χ1n) is 6.63. The van der Waals surface area contributed by atoms with Crippen molar-refractivity contribution in [2.75, 3.05) is 0 Å². The zero-order valence-corrected chi connectivity index (χ0v) is 13.2. The van der Waals surface area contributed by atoms with Crippen molar-refractivity contribution in [3.63, 3.8) is 0 Å². The number of fused-ring (bicyclic) bond motifs is 1. The number of benzene rings is 1. The molecule has 4 nitrogen and oxygen atoms in total. The zero-order valence-electron chi connectivity index (χ0n) is 11.7. The summed E-state index contributed by atoms with van der Waals surface area (Å²) in [5.41, 5.74) is 2.72. The average molecular weight is 335 g/mol. The standard InChI is InChI=1S/C16H12Cl2N2O2/c1-10-9-19(6-7-21)16(22)15-12(4-5-20(10)15)11-2-3-13(17)14(18)8-11/h2-5,7-9H,6H2,1H3. The molecule has 22 heavy (non-hydrogen) atoms. The summed E-state index contributed by atoms with van der Waals surface area (Å²) in [6, 6.07) is 7.09. The van der Waals surface area contributed by atoms with Crippen LogP contribution < -0.4 is 5.56 Å². The number of rotatable bonds is 3. The van der Waals surface area contributed by atoms with Gasteiger partial charge in [-0.1, -0.05) is 29.3 Å². The van der Waals surface area contributed by atoms with E-state index >= 15 is 0 Å². The third-order valence-corrected chi connectivity index (χ3v) is 4.31. The van der Waals surface area contributed by atoms with E-state index in [0.717, 1.165) is 16.8 Å². The molecule has 0 atom stereocenters. The molecule has 112 valence electrons. The van der Waals surface area contributed by atoms with Gasteiger partial charge in [0.05, 0.1) is 16.6 Å². The highest BCUT2D eigenvalue weighted by atomic mass is 35.5. The van der Waals surface area contributed by atoms with E-state index in [1.165, 1.54) is 4.57 Å². The molecule has 0 amide bonds. The fourth-order valence-corrected chi connectivity index (χ4v) is 2.84. The largest absolute Gasteiger partial charge is 0.314 e. The zero-order chi connectivity index (χ0) is 15.9. The van der Waals surface area contributed by atoms with Gasteiger partial charge in [-0.25, -0.2) is 0 Å². The lowest BCUT2D eigenvalue weighted by Crippen LogP contribution is -2.23. The van der Waals surface area contributed by atoms with Crippen LogP contribution in [0.4, 0.5) is 0 Å². The molecule has 0 bridgehead atoms. The second-order valence-corrected chi connectivity index (χ2v) is 5.79. The fraction of sp³-hybridized carbons (Fsp3) is 0.125. The van der Waals surface area contributed by atoms with Gasteiger partial charge in [0.25, 0.3) is 5.56 Å². The molecule has 0 fully saturated rings. The summed E-state index contributed by atoms with van der Waals surface area (Å²) in [7, 11) is 0. The number of aromatic nitrogens is 2. The van der Waals surface area contributed by atoms with Gasteiger partial charge in [0, 0.05) is 23.7 Å². The Morgan fingerprint density at radius 1 is 1.18 bits per heavy atom. The van der Waals surface area contributed by atoms with Crippen molar-refractivity contribution < 1.29 is 4.79 Å². The van der Waals surface area contributed by atoms with Crippen LogP contribution in [0.3, 0.4) is 0 Å². The predicted molar refractivity (Wildman–Crippen MR) is 87.9 cm³/mol. The SMILES string of the molecule is Cc1cn(CC=O)c(=O)c2c(-c3ccc(Cl)c(Cl)c3)ccn12. The second kappa shape index (κ2) is 5.63. The van der Waals surface area contributed by atoms with E-state index in [0.29, 0.717) is 21.8 Å². The van der Waals surface area contributed by atoms with Crippen LogP contribution in [0.5, 0.6) is 0 Å². The Morgan fingerprint density at radius 3 is 2.64 bits per heavy atom. The highest BCUT2D eigenvalue weighted by Gasteiger charge is 2.13. The second-order valence-electron chi connectivity index (χ2n) is 4.97. The summed E-state index contributed by atoms with van der Waals surface area (Å²) < 4.78 is 3.21. The van der Waals surface area contributed by atoms with Gasteiger partial charge in [-0.05, 0) is 30.7 Å². The normalized spacial score (nSPS) is 11.0. The Hall–Kier alpha value is -2.04. The lowest BCUT2D eigenvalue weighted by atomic mass is 10.1. The number of aryl methyl sites for hydroxylation is 1. The topological polar surface area (TPSA) is 43.5 Å². The molecule has 2 aromatic heterocycles. The monoisotopic (exact) mass is 334 g/mol. The molecule has 6 heteroatoms. The molecule has 0 unspecified atom stereocenters. The van der Waals surface area contributed by atoms with Crippen molar-refractivity contribution in [1.29, 1.82) is 0 Å². The van der Waals surface area contributed by atoms with E-state index < -0.39 is 0 Å². The number of carbonyl (C=O) groups excluding carboxylic acids is 1. The molecule has 3 aromatic rings. The maximum atomic E-state index is 12.6. The van der Waals surface area contributed by atoms with Gasteiger partial charge in [-0.3, -0.25) is 4.79 Å². The lowest BCUT2D eigenvalue weighted by Gasteiger charge is -2.08. The van der Waals surface area contributed by atoms with Crippen LogP contribution in [0.15, 0.2) is 41.5 Å². The van der Waals surface area contributed by atoms with E-state index in [9.17, 15) is 9.59 Å². The maximum absolute atomic E-state index is 12.6. The van der Waals surface area contributed by atoms with Crippen LogP contribution in [0.2, 0.25) is 10.0 Å². The van der Waals surface area contributed by atoms with E-state index in [2.05, 4.69) is 0 Å². The van der Waals surface area contributed by atoms with Crippen LogP contribution >= 0.6 is 23.2 Å². The number of nitrogens with zero attached hydrogens (tertiary/aromatic N) is 2. The van der Waals surface area contributed by atoms with Crippen LogP contribution in [0.25, 0.3) is 16.6 Å². The molecule has 2 heterocycles. The first-order chi connectivity index (χ1) is 10.5.